The molecule has 2 aromatic rings. The zero-order chi connectivity index (χ0) is 20.3. The molecule has 1 aliphatic carbocycles. The molecule has 3 rings (SSSR count). The lowest BCUT2D eigenvalue weighted by Gasteiger charge is -2.24. The van der Waals surface area contributed by atoms with Crippen LogP contribution < -0.4 is 9.50 Å². The van der Waals surface area contributed by atoms with Crippen LogP contribution in [0.15, 0.2) is 53.4 Å². The Morgan fingerprint density at radius 1 is 1.21 bits per heavy atom. The first kappa shape index (κ1) is 20.1. The predicted octanol–water partition coefficient (Wildman–Crippen LogP) is 3.68. The van der Waals surface area contributed by atoms with Crippen molar-refractivity contribution in [2.75, 3.05) is 0 Å². The second-order valence-corrected chi connectivity index (χ2v) is 8.65. The topological polar surface area (TPSA) is 75.7 Å². The van der Waals surface area contributed by atoms with Gasteiger partial charge in [0, 0.05) is 18.6 Å². The zero-order valence-electron chi connectivity index (χ0n) is 15.8. The Balaban J connectivity index is 1.74. The lowest BCUT2D eigenvalue weighted by atomic mass is 10.2. The van der Waals surface area contributed by atoms with Crippen molar-refractivity contribution >= 4 is 16.1 Å². The third-order valence-corrected chi connectivity index (χ3v) is 5.48. The molecule has 8 heteroatoms. The van der Waals surface area contributed by atoms with Gasteiger partial charge in [0.2, 0.25) is 0 Å². The van der Waals surface area contributed by atoms with E-state index in [1.165, 1.54) is 6.07 Å². The van der Waals surface area contributed by atoms with Gasteiger partial charge in [0.05, 0.1) is 0 Å². The number of benzene rings is 2. The molecule has 150 valence electrons. The highest BCUT2D eigenvalue weighted by Gasteiger charge is 2.32. The van der Waals surface area contributed by atoms with E-state index in [1.807, 2.05) is 19.9 Å². The average molecular weight is 406 g/mol. The molecular formula is C20H23FN2O4S. The Kier molecular flexibility index (Phi) is 5.88. The van der Waals surface area contributed by atoms with E-state index in [4.69, 9.17) is 4.18 Å². The summed E-state index contributed by atoms with van der Waals surface area (Å²) in [5.41, 5.74) is 0.762. The number of urea groups is 1. The first-order chi connectivity index (χ1) is 13.2. The molecule has 0 unspecified atom stereocenters. The SMILES string of the molecule is CC(C)NC(=O)N(Cc1cccc(OS(=O)(=O)c2ccc(F)cc2)c1)C1CC1. The van der Waals surface area contributed by atoms with Gasteiger partial charge in [-0.25, -0.2) is 9.18 Å². The van der Waals surface area contributed by atoms with Crippen LogP contribution in [0, 0.1) is 5.82 Å². The summed E-state index contributed by atoms with van der Waals surface area (Å²) in [5.74, 6) is -0.386. The van der Waals surface area contributed by atoms with Gasteiger partial charge >= 0.3 is 16.1 Å². The van der Waals surface area contributed by atoms with Crippen LogP contribution >= 0.6 is 0 Å². The lowest BCUT2D eigenvalue weighted by Crippen LogP contribution is -2.43. The van der Waals surface area contributed by atoms with Crippen LogP contribution in [-0.4, -0.2) is 31.4 Å². The summed E-state index contributed by atoms with van der Waals surface area (Å²) in [7, 11) is -4.07. The Hall–Kier alpha value is -2.61. The number of nitrogens with one attached hydrogen (secondary N) is 1. The van der Waals surface area contributed by atoms with Crippen molar-refractivity contribution in [2.24, 2.45) is 0 Å². The zero-order valence-corrected chi connectivity index (χ0v) is 16.6. The van der Waals surface area contributed by atoms with Gasteiger partial charge < -0.3 is 14.4 Å². The Labute approximate surface area is 164 Å². The number of carbonyl (C=O) groups is 1. The van der Waals surface area contributed by atoms with Crippen molar-refractivity contribution in [1.82, 2.24) is 10.2 Å². The van der Waals surface area contributed by atoms with Gasteiger partial charge in [-0.2, -0.15) is 8.42 Å². The predicted molar refractivity (Wildman–Crippen MR) is 103 cm³/mol. The quantitative estimate of drug-likeness (QED) is 0.712. The molecule has 0 radical (unpaired) electrons. The number of amides is 2. The fourth-order valence-corrected chi connectivity index (χ4v) is 3.67. The molecule has 1 saturated carbocycles. The maximum atomic E-state index is 13.0. The monoisotopic (exact) mass is 406 g/mol. The van der Waals surface area contributed by atoms with Crippen LogP contribution in [0.5, 0.6) is 5.75 Å². The van der Waals surface area contributed by atoms with Gasteiger partial charge in [-0.3, -0.25) is 0 Å². The Morgan fingerprint density at radius 3 is 2.50 bits per heavy atom. The Bertz CT molecular complexity index is 941. The fraction of sp³-hybridized carbons (Fsp3) is 0.350. The number of halogens is 1. The summed E-state index contributed by atoms with van der Waals surface area (Å²) in [4.78, 5) is 14.1. The highest BCUT2D eigenvalue weighted by atomic mass is 32.2. The largest absolute Gasteiger partial charge is 0.379 e. The first-order valence-corrected chi connectivity index (χ1v) is 10.5. The molecule has 1 N–H and O–H groups in total. The van der Waals surface area contributed by atoms with Gasteiger partial charge in [0.1, 0.15) is 16.5 Å². The molecule has 0 bridgehead atoms. The van der Waals surface area contributed by atoms with Crippen molar-refractivity contribution in [3.05, 3.63) is 59.9 Å². The third-order valence-electron chi connectivity index (χ3n) is 4.22. The van der Waals surface area contributed by atoms with Crippen molar-refractivity contribution in [3.8, 4) is 5.75 Å². The molecular weight excluding hydrogens is 383 g/mol. The molecule has 1 aliphatic rings. The second-order valence-electron chi connectivity index (χ2n) is 7.10. The smallest absolute Gasteiger partial charge is 0.339 e. The number of hydrogen-bond acceptors (Lipinski definition) is 4. The van der Waals surface area contributed by atoms with E-state index in [0.717, 1.165) is 42.7 Å². The van der Waals surface area contributed by atoms with Gasteiger partial charge in [-0.15, -0.1) is 0 Å². The third kappa shape index (κ3) is 5.22. The molecule has 0 atom stereocenters. The van der Waals surface area contributed by atoms with Crippen LogP contribution in [0.2, 0.25) is 0 Å². The number of nitrogens with zero attached hydrogens (tertiary/aromatic N) is 1. The Morgan fingerprint density at radius 2 is 1.89 bits per heavy atom. The van der Waals surface area contributed by atoms with Gasteiger partial charge in [0.25, 0.3) is 0 Å². The van der Waals surface area contributed by atoms with Gasteiger partial charge in [-0.1, -0.05) is 12.1 Å². The van der Waals surface area contributed by atoms with E-state index in [2.05, 4.69) is 5.32 Å². The minimum absolute atomic E-state index is 0.0317. The summed E-state index contributed by atoms with van der Waals surface area (Å²) in [6.45, 7) is 4.16. The van der Waals surface area contributed by atoms with Crippen LogP contribution in [0.4, 0.5) is 9.18 Å². The lowest BCUT2D eigenvalue weighted by molar-refractivity contribution is 0.189. The van der Waals surface area contributed by atoms with Gasteiger partial charge in [0.15, 0.2) is 0 Å². The molecule has 0 saturated heterocycles. The van der Waals surface area contributed by atoms with E-state index < -0.39 is 15.9 Å². The maximum absolute atomic E-state index is 13.0. The van der Waals surface area contributed by atoms with Crippen molar-refractivity contribution in [3.63, 3.8) is 0 Å². The molecule has 28 heavy (non-hydrogen) atoms. The number of rotatable bonds is 7. The number of hydrogen-bond donors (Lipinski definition) is 1. The van der Waals surface area contributed by atoms with Gasteiger partial charge in [-0.05, 0) is 68.7 Å². The molecule has 0 spiro atoms. The summed E-state index contributed by atoms with van der Waals surface area (Å²) >= 11 is 0. The second kappa shape index (κ2) is 8.18. The fourth-order valence-electron chi connectivity index (χ4n) is 2.75. The molecule has 0 heterocycles. The molecule has 0 aromatic heterocycles. The van der Waals surface area contributed by atoms with Crippen molar-refractivity contribution in [2.45, 2.75) is 50.2 Å². The molecule has 6 nitrogen and oxygen atoms in total. The molecule has 2 amide bonds. The summed E-state index contributed by atoms with van der Waals surface area (Å²) < 4.78 is 42.9. The van der Waals surface area contributed by atoms with Crippen LogP contribution in [0.3, 0.4) is 0 Å². The summed E-state index contributed by atoms with van der Waals surface area (Å²) in [5, 5.41) is 2.89. The van der Waals surface area contributed by atoms with E-state index in [0.29, 0.717) is 6.54 Å². The van der Waals surface area contributed by atoms with E-state index in [1.54, 1.807) is 17.0 Å². The average Bonchev–Trinajstić information content (AvgIpc) is 3.44. The maximum Gasteiger partial charge on any atom is 0.339 e. The molecule has 2 aromatic carbocycles. The van der Waals surface area contributed by atoms with E-state index >= 15 is 0 Å². The first-order valence-electron chi connectivity index (χ1n) is 9.11. The van der Waals surface area contributed by atoms with E-state index in [-0.39, 0.29) is 28.8 Å². The van der Waals surface area contributed by atoms with Crippen LogP contribution in [0.25, 0.3) is 0 Å². The highest BCUT2D eigenvalue weighted by Crippen LogP contribution is 2.29. The standard InChI is InChI=1S/C20H23FN2O4S/c1-14(2)22-20(24)23(17-8-9-17)13-15-4-3-5-18(12-15)27-28(25,26)19-10-6-16(21)7-11-19/h3-7,10-12,14,17H,8-9,13H2,1-2H3,(H,22,24). The molecule has 0 aliphatic heterocycles. The van der Waals surface area contributed by atoms with E-state index in [9.17, 15) is 17.6 Å². The van der Waals surface area contributed by atoms with Crippen LogP contribution in [-0.2, 0) is 16.7 Å². The van der Waals surface area contributed by atoms with Crippen molar-refractivity contribution in [1.29, 1.82) is 0 Å². The summed E-state index contributed by atoms with van der Waals surface area (Å²) in [6.07, 6.45) is 1.92. The molecule has 1 fully saturated rings. The highest BCUT2D eigenvalue weighted by molar-refractivity contribution is 7.87. The van der Waals surface area contributed by atoms with Crippen molar-refractivity contribution < 1.29 is 21.8 Å². The minimum atomic E-state index is -4.07. The van der Waals surface area contributed by atoms with Crippen LogP contribution in [0.1, 0.15) is 32.3 Å². The summed E-state index contributed by atoms with van der Waals surface area (Å²) in [6, 6.07) is 11.1. The number of carbonyl (C=O) groups excluding carboxylic acids is 1. The minimum Gasteiger partial charge on any atom is -0.379 e. The normalized spacial score (nSPS) is 14.0.